The lowest BCUT2D eigenvalue weighted by atomic mass is 10.2. The van der Waals surface area contributed by atoms with Crippen LogP contribution in [0.25, 0.3) is 0 Å². The van der Waals surface area contributed by atoms with Crippen LogP contribution in [0.3, 0.4) is 0 Å². The predicted molar refractivity (Wildman–Crippen MR) is 100 cm³/mol. The van der Waals surface area contributed by atoms with Crippen molar-refractivity contribution in [1.82, 2.24) is 4.98 Å². The van der Waals surface area contributed by atoms with Gasteiger partial charge >= 0.3 is 0 Å². The van der Waals surface area contributed by atoms with Crippen molar-refractivity contribution in [3.8, 4) is 17.4 Å². The first-order valence-corrected chi connectivity index (χ1v) is 8.78. The summed E-state index contributed by atoms with van der Waals surface area (Å²) < 4.78 is 11.5. The first-order valence-electron chi connectivity index (χ1n) is 8.78. The van der Waals surface area contributed by atoms with Gasteiger partial charge in [-0.05, 0) is 43.4 Å². The second-order valence-electron chi connectivity index (χ2n) is 6.45. The fraction of sp³-hybridized carbons (Fsp3) is 0.368. The van der Waals surface area contributed by atoms with E-state index in [1.807, 2.05) is 6.92 Å². The van der Waals surface area contributed by atoms with Gasteiger partial charge in [0.1, 0.15) is 11.5 Å². The minimum absolute atomic E-state index is 0.237. The average molecular weight is 356 g/mol. The maximum absolute atomic E-state index is 11.8. The molecule has 26 heavy (non-hydrogen) atoms. The summed E-state index contributed by atoms with van der Waals surface area (Å²) >= 11 is 0. The van der Waals surface area contributed by atoms with E-state index in [1.54, 1.807) is 30.3 Å². The second kappa shape index (κ2) is 8.05. The van der Waals surface area contributed by atoms with Crippen LogP contribution in [0.5, 0.6) is 17.4 Å². The van der Waals surface area contributed by atoms with Gasteiger partial charge in [0.25, 0.3) is 0 Å². The number of pyridine rings is 1. The van der Waals surface area contributed by atoms with E-state index in [0.29, 0.717) is 47.7 Å². The van der Waals surface area contributed by atoms with E-state index in [9.17, 15) is 4.79 Å². The van der Waals surface area contributed by atoms with E-state index in [1.165, 1.54) is 19.0 Å². The zero-order valence-corrected chi connectivity index (χ0v) is 14.8. The Morgan fingerprint density at radius 3 is 2.81 bits per heavy atom. The predicted octanol–water partition coefficient (Wildman–Crippen LogP) is 2.92. The third kappa shape index (κ3) is 4.86. The molecule has 0 spiro atoms. The fourth-order valence-electron chi connectivity index (χ4n) is 2.25. The van der Waals surface area contributed by atoms with Crippen LogP contribution in [0.15, 0.2) is 36.5 Å². The molecule has 1 saturated carbocycles. The topological polar surface area (TPSA) is 112 Å². The van der Waals surface area contributed by atoms with Crippen LogP contribution in [0.4, 0.5) is 11.4 Å². The Balaban J connectivity index is 1.61. The molecule has 1 unspecified atom stereocenters. The minimum Gasteiger partial charge on any atom is -0.491 e. The van der Waals surface area contributed by atoms with Crippen molar-refractivity contribution in [2.24, 2.45) is 11.7 Å². The number of hydrogen-bond acceptors (Lipinski definition) is 6. The second-order valence-corrected chi connectivity index (χ2v) is 6.45. The number of ether oxygens (including phenoxy) is 2. The molecular formula is C19H24N4O3. The van der Waals surface area contributed by atoms with Gasteiger partial charge < -0.3 is 26.3 Å². The summed E-state index contributed by atoms with van der Waals surface area (Å²) in [7, 11) is 0. The van der Waals surface area contributed by atoms with Crippen LogP contribution < -0.4 is 26.3 Å². The van der Waals surface area contributed by atoms with Crippen molar-refractivity contribution in [3.63, 3.8) is 0 Å². The molecule has 1 aromatic heterocycles. The highest BCUT2D eigenvalue weighted by Crippen LogP contribution is 2.33. The molecule has 0 bridgehead atoms. The molecule has 5 N–H and O–H groups in total. The number of anilines is 2. The highest BCUT2D eigenvalue weighted by molar-refractivity contribution is 5.94. The molecule has 3 rings (SSSR count). The van der Waals surface area contributed by atoms with E-state index in [2.05, 4.69) is 10.3 Å². The first-order chi connectivity index (χ1) is 12.5. The van der Waals surface area contributed by atoms with E-state index in [4.69, 9.17) is 20.9 Å². The summed E-state index contributed by atoms with van der Waals surface area (Å²) in [6.07, 6.45) is 4.53. The van der Waals surface area contributed by atoms with Crippen LogP contribution in [0, 0.1) is 5.92 Å². The van der Waals surface area contributed by atoms with E-state index in [0.717, 1.165) is 0 Å². The van der Waals surface area contributed by atoms with Gasteiger partial charge in [0.05, 0.1) is 30.2 Å². The van der Waals surface area contributed by atoms with Gasteiger partial charge in [-0.15, -0.1) is 0 Å². The van der Waals surface area contributed by atoms with Crippen molar-refractivity contribution in [1.29, 1.82) is 0 Å². The molecule has 7 heteroatoms. The molecule has 1 aliphatic rings. The first kappa shape index (κ1) is 18.0. The van der Waals surface area contributed by atoms with Gasteiger partial charge in [0.15, 0.2) is 0 Å². The Kier molecular flexibility index (Phi) is 5.58. The molecule has 1 heterocycles. The molecule has 0 saturated heterocycles. The quantitative estimate of drug-likeness (QED) is 0.627. The molecule has 2 aromatic rings. The minimum atomic E-state index is -0.533. The molecule has 1 amide bonds. The van der Waals surface area contributed by atoms with Gasteiger partial charge in [-0.3, -0.25) is 4.79 Å². The maximum Gasteiger partial charge on any atom is 0.241 e. The third-order valence-corrected chi connectivity index (χ3v) is 4.16. The van der Waals surface area contributed by atoms with Gasteiger partial charge in [-0.2, -0.15) is 0 Å². The zero-order valence-electron chi connectivity index (χ0n) is 14.8. The van der Waals surface area contributed by atoms with Gasteiger partial charge in [-0.25, -0.2) is 4.98 Å². The number of rotatable bonds is 8. The number of aromatic nitrogens is 1. The summed E-state index contributed by atoms with van der Waals surface area (Å²) in [4.78, 5) is 16.0. The monoisotopic (exact) mass is 356 g/mol. The van der Waals surface area contributed by atoms with Crippen LogP contribution in [-0.4, -0.2) is 23.5 Å². The summed E-state index contributed by atoms with van der Waals surface area (Å²) in [6.45, 7) is 2.54. The number of nitrogens with two attached hydrogens (primary N) is 2. The van der Waals surface area contributed by atoms with Crippen molar-refractivity contribution in [2.75, 3.05) is 17.7 Å². The standard InChI is InChI=1S/C19H24N4O3/c1-2-15(20)19(24)23-13-5-8-18(22-10-13)26-14-6-7-16(21)17(9-14)25-11-12-3-4-12/h5-10,12,15H,2-4,11,20-21H2,1H3,(H,23,24). The summed E-state index contributed by atoms with van der Waals surface area (Å²) in [5.74, 6) is 2.01. The van der Waals surface area contributed by atoms with Crippen molar-refractivity contribution < 1.29 is 14.3 Å². The smallest absolute Gasteiger partial charge is 0.241 e. The number of nitrogen functional groups attached to an aromatic ring is 1. The maximum atomic E-state index is 11.8. The van der Waals surface area contributed by atoms with Crippen molar-refractivity contribution in [2.45, 2.75) is 32.2 Å². The number of carbonyl (C=O) groups is 1. The number of amides is 1. The fourth-order valence-corrected chi connectivity index (χ4v) is 2.25. The molecule has 138 valence electrons. The highest BCUT2D eigenvalue weighted by atomic mass is 16.5. The van der Waals surface area contributed by atoms with Crippen LogP contribution >= 0.6 is 0 Å². The molecular weight excluding hydrogens is 332 g/mol. The zero-order chi connectivity index (χ0) is 18.5. The number of nitrogens with one attached hydrogen (secondary N) is 1. The SMILES string of the molecule is CCC(N)C(=O)Nc1ccc(Oc2ccc(N)c(OCC3CC3)c2)nc1. The van der Waals surface area contributed by atoms with Crippen LogP contribution in [-0.2, 0) is 4.79 Å². The number of carbonyl (C=O) groups excluding carboxylic acids is 1. The van der Waals surface area contributed by atoms with Gasteiger partial charge in [0.2, 0.25) is 11.8 Å². The molecule has 0 aliphatic heterocycles. The normalized spacial score (nSPS) is 14.5. The lowest BCUT2D eigenvalue weighted by Gasteiger charge is -2.12. The molecule has 1 aromatic carbocycles. The lowest BCUT2D eigenvalue weighted by molar-refractivity contribution is -0.117. The molecule has 1 atom stereocenters. The van der Waals surface area contributed by atoms with Crippen molar-refractivity contribution >= 4 is 17.3 Å². The molecule has 1 fully saturated rings. The Labute approximate surface area is 152 Å². The average Bonchev–Trinajstić information content (AvgIpc) is 3.47. The van der Waals surface area contributed by atoms with Gasteiger partial charge in [0, 0.05) is 12.1 Å². The number of benzene rings is 1. The Bertz CT molecular complexity index is 760. The number of hydrogen-bond donors (Lipinski definition) is 3. The summed E-state index contributed by atoms with van der Waals surface area (Å²) in [5.41, 5.74) is 12.8. The Morgan fingerprint density at radius 2 is 2.15 bits per heavy atom. The van der Waals surface area contributed by atoms with E-state index in [-0.39, 0.29) is 5.91 Å². The molecule has 1 aliphatic carbocycles. The van der Waals surface area contributed by atoms with Gasteiger partial charge in [-0.1, -0.05) is 6.92 Å². The molecule has 0 radical (unpaired) electrons. The van der Waals surface area contributed by atoms with Crippen LogP contribution in [0.2, 0.25) is 0 Å². The van der Waals surface area contributed by atoms with Crippen molar-refractivity contribution in [3.05, 3.63) is 36.5 Å². The lowest BCUT2D eigenvalue weighted by Crippen LogP contribution is -2.34. The largest absolute Gasteiger partial charge is 0.491 e. The summed E-state index contributed by atoms with van der Waals surface area (Å²) in [6, 6.07) is 8.12. The molecule has 7 nitrogen and oxygen atoms in total. The summed E-state index contributed by atoms with van der Waals surface area (Å²) in [5, 5.41) is 2.71. The Morgan fingerprint density at radius 1 is 1.35 bits per heavy atom. The van der Waals surface area contributed by atoms with E-state index < -0.39 is 6.04 Å². The van der Waals surface area contributed by atoms with E-state index >= 15 is 0 Å². The Hall–Kier alpha value is -2.80. The van der Waals surface area contributed by atoms with Crippen LogP contribution in [0.1, 0.15) is 26.2 Å². The number of nitrogens with zero attached hydrogens (tertiary/aromatic N) is 1. The third-order valence-electron chi connectivity index (χ3n) is 4.16. The highest BCUT2D eigenvalue weighted by Gasteiger charge is 2.22.